The standard InChI is InChI=1S/C15H14Cl2N2O2/c16-13-7-6-12(14(17)19-13)15(21)18-11(9-20)8-10-4-2-1-3-5-10/h1-7,11,20H,8-9H2,(H,18,21)/t11-/m1/s1. The number of aliphatic hydroxyl groups excluding tert-OH is 1. The minimum absolute atomic E-state index is 0.0383. The summed E-state index contributed by atoms with van der Waals surface area (Å²) in [6.07, 6.45) is 0.529. The number of amides is 1. The maximum atomic E-state index is 12.1. The number of nitrogens with zero attached hydrogens (tertiary/aromatic N) is 1. The highest BCUT2D eigenvalue weighted by Crippen LogP contribution is 2.16. The third-order valence-corrected chi connectivity index (χ3v) is 3.44. The molecule has 0 saturated carbocycles. The van der Waals surface area contributed by atoms with Crippen molar-refractivity contribution in [3.8, 4) is 0 Å². The van der Waals surface area contributed by atoms with Crippen LogP contribution in [0.1, 0.15) is 15.9 Å². The largest absolute Gasteiger partial charge is 0.394 e. The maximum absolute atomic E-state index is 12.1. The van der Waals surface area contributed by atoms with Crippen LogP contribution in [0.2, 0.25) is 10.3 Å². The average Bonchev–Trinajstić information content (AvgIpc) is 2.47. The molecular formula is C15H14Cl2N2O2. The molecule has 0 saturated heterocycles. The van der Waals surface area contributed by atoms with E-state index in [9.17, 15) is 9.90 Å². The maximum Gasteiger partial charge on any atom is 0.254 e. The summed E-state index contributed by atoms with van der Waals surface area (Å²) < 4.78 is 0. The fourth-order valence-electron chi connectivity index (χ4n) is 1.90. The van der Waals surface area contributed by atoms with Crippen LogP contribution in [0.4, 0.5) is 0 Å². The number of hydrogen-bond donors (Lipinski definition) is 2. The molecule has 0 aliphatic heterocycles. The molecule has 1 aromatic carbocycles. The van der Waals surface area contributed by atoms with Gasteiger partial charge in [0.2, 0.25) is 0 Å². The predicted molar refractivity (Wildman–Crippen MR) is 82.7 cm³/mol. The summed E-state index contributed by atoms with van der Waals surface area (Å²) in [6, 6.07) is 12.2. The van der Waals surface area contributed by atoms with Crippen LogP contribution in [0.25, 0.3) is 0 Å². The van der Waals surface area contributed by atoms with Crippen LogP contribution in [0.15, 0.2) is 42.5 Å². The van der Waals surface area contributed by atoms with Crippen LogP contribution in [-0.2, 0) is 6.42 Å². The van der Waals surface area contributed by atoms with Gasteiger partial charge in [-0.1, -0.05) is 53.5 Å². The normalized spacial score (nSPS) is 12.0. The third-order valence-electron chi connectivity index (χ3n) is 2.94. The number of carbonyl (C=O) groups excluding carboxylic acids is 1. The van der Waals surface area contributed by atoms with Crippen LogP contribution >= 0.6 is 23.2 Å². The van der Waals surface area contributed by atoms with Crippen LogP contribution in [0, 0.1) is 0 Å². The Morgan fingerprint density at radius 3 is 2.52 bits per heavy atom. The Labute approximate surface area is 132 Å². The molecule has 2 rings (SSSR count). The first-order valence-corrected chi connectivity index (χ1v) is 7.13. The molecule has 110 valence electrons. The fourth-order valence-corrected chi connectivity index (χ4v) is 2.34. The van der Waals surface area contributed by atoms with Gasteiger partial charge in [0.25, 0.3) is 5.91 Å². The summed E-state index contributed by atoms with van der Waals surface area (Å²) in [5.41, 5.74) is 1.25. The van der Waals surface area contributed by atoms with Gasteiger partial charge < -0.3 is 10.4 Å². The Hall–Kier alpha value is -1.62. The lowest BCUT2D eigenvalue weighted by molar-refractivity contribution is 0.0916. The fraction of sp³-hybridized carbons (Fsp3) is 0.200. The molecule has 21 heavy (non-hydrogen) atoms. The van der Waals surface area contributed by atoms with Crippen LogP contribution in [0.3, 0.4) is 0 Å². The van der Waals surface area contributed by atoms with Crippen molar-refractivity contribution in [2.45, 2.75) is 12.5 Å². The van der Waals surface area contributed by atoms with E-state index >= 15 is 0 Å². The van der Waals surface area contributed by atoms with Gasteiger partial charge in [0.15, 0.2) is 0 Å². The quantitative estimate of drug-likeness (QED) is 0.831. The van der Waals surface area contributed by atoms with Crippen molar-refractivity contribution in [1.29, 1.82) is 0 Å². The van der Waals surface area contributed by atoms with E-state index in [0.717, 1.165) is 5.56 Å². The first-order chi connectivity index (χ1) is 10.1. The number of aromatic nitrogens is 1. The van der Waals surface area contributed by atoms with E-state index in [1.54, 1.807) is 0 Å². The Kier molecular flexibility index (Phi) is 5.56. The van der Waals surface area contributed by atoms with Gasteiger partial charge in [-0.25, -0.2) is 4.98 Å². The van der Waals surface area contributed by atoms with Crippen molar-refractivity contribution in [3.63, 3.8) is 0 Å². The molecule has 0 aliphatic rings. The van der Waals surface area contributed by atoms with E-state index in [2.05, 4.69) is 10.3 Å². The second-order valence-electron chi connectivity index (χ2n) is 4.52. The molecule has 4 nitrogen and oxygen atoms in total. The number of halogens is 2. The molecule has 0 spiro atoms. The molecule has 6 heteroatoms. The molecule has 0 unspecified atom stereocenters. The number of pyridine rings is 1. The highest BCUT2D eigenvalue weighted by Gasteiger charge is 2.16. The number of aliphatic hydroxyl groups is 1. The Morgan fingerprint density at radius 1 is 1.19 bits per heavy atom. The summed E-state index contributed by atoms with van der Waals surface area (Å²) in [4.78, 5) is 16.0. The van der Waals surface area contributed by atoms with E-state index < -0.39 is 6.04 Å². The average molecular weight is 325 g/mol. The smallest absolute Gasteiger partial charge is 0.254 e. The lowest BCUT2D eigenvalue weighted by atomic mass is 10.1. The topological polar surface area (TPSA) is 62.2 Å². The molecule has 0 fully saturated rings. The van der Waals surface area contributed by atoms with Gasteiger partial charge in [0.1, 0.15) is 10.3 Å². The lowest BCUT2D eigenvalue weighted by Crippen LogP contribution is -2.39. The third kappa shape index (κ3) is 4.43. The van der Waals surface area contributed by atoms with E-state index in [1.165, 1.54) is 12.1 Å². The predicted octanol–water partition coefficient (Wildman–Crippen LogP) is 2.72. The Bertz CT molecular complexity index is 620. The minimum Gasteiger partial charge on any atom is -0.394 e. The molecule has 0 bridgehead atoms. The van der Waals surface area contributed by atoms with Crippen molar-refractivity contribution in [2.24, 2.45) is 0 Å². The first kappa shape index (κ1) is 15.8. The zero-order valence-corrected chi connectivity index (χ0v) is 12.6. The molecule has 1 heterocycles. The molecule has 1 amide bonds. The van der Waals surface area contributed by atoms with Crippen molar-refractivity contribution in [2.75, 3.05) is 6.61 Å². The molecule has 2 N–H and O–H groups in total. The zero-order valence-electron chi connectivity index (χ0n) is 11.1. The first-order valence-electron chi connectivity index (χ1n) is 6.38. The minimum atomic E-state index is -0.397. The van der Waals surface area contributed by atoms with Gasteiger partial charge in [0, 0.05) is 0 Å². The van der Waals surface area contributed by atoms with Crippen LogP contribution < -0.4 is 5.32 Å². The summed E-state index contributed by atoms with van der Waals surface area (Å²) in [5.74, 6) is -0.390. The second kappa shape index (κ2) is 7.41. The number of carbonyl (C=O) groups is 1. The van der Waals surface area contributed by atoms with Gasteiger partial charge in [-0.15, -0.1) is 0 Å². The summed E-state index contributed by atoms with van der Waals surface area (Å²) in [7, 11) is 0. The summed E-state index contributed by atoms with van der Waals surface area (Å²) in [5, 5.41) is 12.4. The van der Waals surface area contributed by atoms with Gasteiger partial charge in [-0.3, -0.25) is 4.79 Å². The van der Waals surface area contributed by atoms with E-state index in [4.69, 9.17) is 23.2 Å². The summed E-state index contributed by atoms with van der Waals surface area (Å²) in [6.45, 7) is -0.167. The van der Waals surface area contributed by atoms with Crippen LogP contribution in [-0.4, -0.2) is 28.6 Å². The van der Waals surface area contributed by atoms with E-state index in [-0.39, 0.29) is 28.4 Å². The lowest BCUT2D eigenvalue weighted by Gasteiger charge is -2.16. The molecule has 1 atom stereocenters. The van der Waals surface area contributed by atoms with Gasteiger partial charge in [0.05, 0.1) is 18.2 Å². The number of benzene rings is 1. The summed E-state index contributed by atoms with van der Waals surface area (Å²) >= 11 is 11.6. The highest BCUT2D eigenvalue weighted by atomic mass is 35.5. The van der Waals surface area contributed by atoms with Crippen molar-refractivity contribution >= 4 is 29.1 Å². The SMILES string of the molecule is O=C(N[C@@H](CO)Cc1ccccc1)c1ccc(Cl)nc1Cl. The van der Waals surface area contributed by atoms with Gasteiger partial charge >= 0.3 is 0 Å². The van der Waals surface area contributed by atoms with E-state index in [1.807, 2.05) is 30.3 Å². The number of hydrogen-bond acceptors (Lipinski definition) is 3. The molecule has 0 aliphatic carbocycles. The Balaban J connectivity index is 2.06. The van der Waals surface area contributed by atoms with Crippen molar-refractivity contribution < 1.29 is 9.90 Å². The van der Waals surface area contributed by atoms with Crippen molar-refractivity contribution in [1.82, 2.24) is 10.3 Å². The monoisotopic (exact) mass is 324 g/mol. The number of rotatable bonds is 5. The molecule has 1 aromatic heterocycles. The molecule has 2 aromatic rings. The molecule has 0 radical (unpaired) electrons. The van der Waals surface area contributed by atoms with Crippen LogP contribution in [0.5, 0.6) is 0 Å². The van der Waals surface area contributed by atoms with Crippen molar-refractivity contribution in [3.05, 3.63) is 63.9 Å². The zero-order chi connectivity index (χ0) is 15.2. The van der Waals surface area contributed by atoms with E-state index in [0.29, 0.717) is 6.42 Å². The highest BCUT2D eigenvalue weighted by molar-refractivity contribution is 6.34. The number of nitrogens with one attached hydrogen (secondary N) is 1. The van der Waals surface area contributed by atoms with Gasteiger partial charge in [-0.2, -0.15) is 0 Å². The molecular weight excluding hydrogens is 311 g/mol. The Morgan fingerprint density at radius 2 is 1.90 bits per heavy atom. The second-order valence-corrected chi connectivity index (χ2v) is 5.26. The van der Waals surface area contributed by atoms with Gasteiger partial charge in [-0.05, 0) is 24.1 Å².